The standard InChI is InChI=1S/C17H13ClFN7/c1-9-22-15(20)14-17(23-9)26(8-12-3-2-4-13(18)24-12)16(25-14)10-5-11(19)7-21-6-10/h2-7H,8H2,1H3,(H2,20,22,23). The molecule has 4 rings (SSSR count). The maximum atomic E-state index is 13.7. The van der Waals surface area contributed by atoms with Crippen molar-refractivity contribution in [2.45, 2.75) is 13.5 Å². The van der Waals surface area contributed by atoms with Gasteiger partial charge in [0, 0.05) is 11.8 Å². The van der Waals surface area contributed by atoms with E-state index in [1.54, 1.807) is 17.6 Å². The lowest BCUT2D eigenvalue weighted by Crippen LogP contribution is -2.06. The van der Waals surface area contributed by atoms with E-state index in [1.165, 1.54) is 12.3 Å². The summed E-state index contributed by atoms with van der Waals surface area (Å²) in [6.07, 6.45) is 2.66. The maximum Gasteiger partial charge on any atom is 0.166 e. The molecule has 0 saturated heterocycles. The molecule has 0 radical (unpaired) electrons. The molecule has 4 aromatic rings. The Morgan fingerprint density at radius 3 is 2.77 bits per heavy atom. The van der Waals surface area contributed by atoms with Gasteiger partial charge in [0.15, 0.2) is 17.0 Å². The SMILES string of the molecule is Cc1nc(N)c2nc(-c3cncc(F)c3)n(Cc3cccc(Cl)n3)c2n1. The minimum absolute atomic E-state index is 0.260. The van der Waals surface area contributed by atoms with Crippen LogP contribution in [0.2, 0.25) is 5.15 Å². The van der Waals surface area contributed by atoms with E-state index in [9.17, 15) is 4.39 Å². The summed E-state index contributed by atoms with van der Waals surface area (Å²) in [5.41, 5.74) is 8.20. The molecule has 0 atom stereocenters. The number of pyridine rings is 2. The maximum absolute atomic E-state index is 13.7. The van der Waals surface area contributed by atoms with Crippen LogP contribution in [-0.2, 0) is 6.54 Å². The van der Waals surface area contributed by atoms with E-state index in [0.717, 1.165) is 6.20 Å². The zero-order valence-electron chi connectivity index (χ0n) is 13.7. The van der Waals surface area contributed by atoms with Crippen molar-refractivity contribution in [2.75, 3.05) is 5.73 Å². The molecule has 0 saturated carbocycles. The van der Waals surface area contributed by atoms with Gasteiger partial charge in [0.25, 0.3) is 0 Å². The Labute approximate surface area is 152 Å². The van der Waals surface area contributed by atoms with E-state index in [1.807, 2.05) is 12.1 Å². The number of imidazole rings is 1. The molecule has 0 spiro atoms. The number of nitrogens with two attached hydrogens (primary N) is 1. The molecule has 0 amide bonds. The Balaban J connectivity index is 1.97. The number of hydrogen-bond donors (Lipinski definition) is 1. The lowest BCUT2D eigenvalue weighted by atomic mass is 10.2. The highest BCUT2D eigenvalue weighted by Gasteiger charge is 2.18. The molecule has 130 valence electrons. The van der Waals surface area contributed by atoms with Crippen molar-refractivity contribution in [2.24, 2.45) is 0 Å². The molecular weight excluding hydrogens is 357 g/mol. The number of nitrogen functional groups attached to an aromatic ring is 1. The van der Waals surface area contributed by atoms with E-state index < -0.39 is 5.82 Å². The quantitative estimate of drug-likeness (QED) is 0.558. The summed E-state index contributed by atoms with van der Waals surface area (Å²) in [5, 5.41) is 0.381. The van der Waals surface area contributed by atoms with E-state index in [0.29, 0.717) is 45.8 Å². The van der Waals surface area contributed by atoms with E-state index in [-0.39, 0.29) is 5.82 Å². The Morgan fingerprint density at radius 1 is 1.15 bits per heavy atom. The molecule has 4 aromatic heterocycles. The van der Waals surface area contributed by atoms with Crippen molar-refractivity contribution in [3.8, 4) is 11.4 Å². The first kappa shape index (κ1) is 16.3. The predicted octanol–water partition coefficient (Wildman–Crippen LogP) is 3.01. The molecule has 0 aliphatic heterocycles. The number of aryl methyl sites for hydroxylation is 1. The van der Waals surface area contributed by atoms with Gasteiger partial charge in [0.2, 0.25) is 0 Å². The Morgan fingerprint density at radius 2 is 2.00 bits per heavy atom. The topological polar surface area (TPSA) is 95.4 Å². The number of fused-ring (bicyclic) bond motifs is 1. The lowest BCUT2D eigenvalue weighted by molar-refractivity contribution is 0.621. The highest BCUT2D eigenvalue weighted by atomic mass is 35.5. The third-order valence-electron chi connectivity index (χ3n) is 3.79. The second-order valence-corrected chi connectivity index (χ2v) is 6.08. The van der Waals surface area contributed by atoms with Crippen LogP contribution in [0.15, 0.2) is 36.7 Å². The van der Waals surface area contributed by atoms with Crippen molar-refractivity contribution >= 4 is 28.6 Å². The van der Waals surface area contributed by atoms with Gasteiger partial charge in [-0.3, -0.25) is 4.98 Å². The Bertz CT molecular complexity index is 1130. The van der Waals surface area contributed by atoms with Gasteiger partial charge in [-0.1, -0.05) is 17.7 Å². The largest absolute Gasteiger partial charge is 0.382 e. The van der Waals surface area contributed by atoms with Gasteiger partial charge < -0.3 is 10.3 Å². The van der Waals surface area contributed by atoms with Crippen molar-refractivity contribution in [3.05, 3.63) is 59.1 Å². The first-order chi connectivity index (χ1) is 12.5. The highest BCUT2D eigenvalue weighted by molar-refractivity contribution is 6.29. The van der Waals surface area contributed by atoms with E-state index in [2.05, 4.69) is 24.9 Å². The molecule has 0 aliphatic carbocycles. The molecule has 7 nitrogen and oxygen atoms in total. The molecule has 0 aliphatic rings. The fourth-order valence-corrected chi connectivity index (χ4v) is 2.92. The minimum Gasteiger partial charge on any atom is -0.382 e. The second-order valence-electron chi connectivity index (χ2n) is 5.69. The van der Waals surface area contributed by atoms with Crippen LogP contribution in [0.1, 0.15) is 11.5 Å². The van der Waals surface area contributed by atoms with Gasteiger partial charge in [-0.25, -0.2) is 24.3 Å². The summed E-state index contributed by atoms with van der Waals surface area (Å²) in [6, 6.07) is 6.69. The fraction of sp³-hybridized carbons (Fsp3) is 0.118. The van der Waals surface area contributed by atoms with Crippen molar-refractivity contribution in [1.29, 1.82) is 0 Å². The fourth-order valence-electron chi connectivity index (χ4n) is 2.74. The summed E-state index contributed by atoms with van der Waals surface area (Å²) < 4.78 is 15.5. The van der Waals surface area contributed by atoms with Crippen LogP contribution in [0, 0.1) is 12.7 Å². The third-order valence-corrected chi connectivity index (χ3v) is 4.00. The van der Waals surface area contributed by atoms with Gasteiger partial charge in [0.05, 0.1) is 18.4 Å². The molecule has 2 N–H and O–H groups in total. The lowest BCUT2D eigenvalue weighted by Gasteiger charge is -2.09. The monoisotopic (exact) mass is 369 g/mol. The van der Waals surface area contributed by atoms with Crippen LogP contribution in [0.5, 0.6) is 0 Å². The summed E-state index contributed by atoms with van der Waals surface area (Å²) in [5.74, 6) is 0.785. The minimum atomic E-state index is -0.461. The first-order valence-corrected chi connectivity index (χ1v) is 8.12. The van der Waals surface area contributed by atoms with Crippen LogP contribution >= 0.6 is 11.6 Å². The summed E-state index contributed by atoms with van der Waals surface area (Å²) in [7, 11) is 0. The zero-order valence-corrected chi connectivity index (χ0v) is 14.4. The number of rotatable bonds is 3. The van der Waals surface area contributed by atoms with E-state index >= 15 is 0 Å². The number of hydrogen-bond acceptors (Lipinski definition) is 6. The zero-order chi connectivity index (χ0) is 18.3. The third kappa shape index (κ3) is 2.95. The predicted molar refractivity (Wildman–Crippen MR) is 96.0 cm³/mol. The van der Waals surface area contributed by atoms with Crippen molar-refractivity contribution < 1.29 is 4.39 Å². The number of anilines is 1. The normalized spacial score (nSPS) is 11.2. The molecule has 9 heteroatoms. The van der Waals surface area contributed by atoms with Gasteiger partial charge in [0.1, 0.15) is 22.6 Å². The number of halogens is 2. The summed E-state index contributed by atoms with van der Waals surface area (Å²) in [4.78, 5) is 21.3. The molecule has 0 fully saturated rings. The molecule has 0 unspecified atom stereocenters. The molecular formula is C17H13ClFN7. The van der Waals surface area contributed by atoms with Crippen LogP contribution in [-0.4, -0.2) is 29.5 Å². The van der Waals surface area contributed by atoms with Gasteiger partial charge in [-0.2, -0.15) is 0 Å². The Hall–Kier alpha value is -3.13. The van der Waals surface area contributed by atoms with Crippen LogP contribution in [0.25, 0.3) is 22.6 Å². The number of nitrogens with zero attached hydrogens (tertiary/aromatic N) is 6. The van der Waals surface area contributed by atoms with E-state index in [4.69, 9.17) is 17.3 Å². The summed E-state index contributed by atoms with van der Waals surface area (Å²) >= 11 is 5.99. The van der Waals surface area contributed by atoms with Crippen LogP contribution in [0.4, 0.5) is 10.2 Å². The number of aromatic nitrogens is 6. The van der Waals surface area contributed by atoms with Gasteiger partial charge in [-0.05, 0) is 25.1 Å². The Kier molecular flexibility index (Phi) is 3.96. The molecule has 0 aromatic carbocycles. The molecule has 0 bridgehead atoms. The van der Waals surface area contributed by atoms with Crippen LogP contribution in [0.3, 0.4) is 0 Å². The average Bonchev–Trinajstić information content (AvgIpc) is 2.94. The van der Waals surface area contributed by atoms with Crippen molar-refractivity contribution in [3.63, 3.8) is 0 Å². The van der Waals surface area contributed by atoms with Crippen molar-refractivity contribution in [1.82, 2.24) is 29.5 Å². The second kappa shape index (κ2) is 6.30. The smallest absolute Gasteiger partial charge is 0.166 e. The van der Waals surface area contributed by atoms with Gasteiger partial charge >= 0.3 is 0 Å². The van der Waals surface area contributed by atoms with Crippen LogP contribution < -0.4 is 5.73 Å². The molecule has 26 heavy (non-hydrogen) atoms. The average molecular weight is 370 g/mol. The first-order valence-electron chi connectivity index (χ1n) is 7.74. The highest BCUT2D eigenvalue weighted by Crippen LogP contribution is 2.27. The van der Waals surface area contributed by atoms with Gasteiger partial charge in [-0.15, -0.1) is 0 Å². The summed E-state index contributed by atoms with van der Waals surface area (Å²) in [6.45, 7) is 2.08. The molecule has 4 heterocycles.